The van der Waals surface area contributed by atoms with Gasteiger partial charge in [-0.05, 0) is 44.2 Å². The van der Waals surface area contributed by atoms with Crippen LogP contribution in [0.2, 0.25) is 0 Å². The van der Waals surface area contributed by atoms with E-state index in [1.165, 1.54) is 0 Å². The number of rotatable bonds is 6. The zero-order valence-corrected chi connectivity index (χ0v) is 18.6. The summed E-state index contributed by atoms with van der Waals surface area (Å²) in [6.45, 7) is 5.99. The molecule has 0 radical (unpaired) electrons. The Bertz CT molecular complexity index is 1510. The van der Waals surface area contributed by atoms with Crippen LogP contribution in [0.15, 0.2) is 93.2 Å². The van der Waals surface area contributed by atoms with E-state index in [9.17, 15) is 4.79 Å². The number of hydrogen-bond donors (Lipinski definition) is 0. The van der Waals surface area contributed by atoms with E-state index < -0.39 is 5.63 Å². The number of anilines is 1. The number of hydrogen-bond acceptors (Lipinski definition) is 5. The highest BCUT2D eigenvalue weighted by Gasteiger charge is 2.13. The van der Waals surface area contributed by atoms with Gasteiger partial charge in [0.1, 0.15) is 16.9 Å². The summed E-state index contributed by atoms with van der Waals surface area (Å²) in [5.74, 6) is 0.660. The van der Waals surface area contributed by atoms with E-state index >= 15 is 0 Å². The molecule has 6 nitrogen and oxygen atoms in total. The van der Waals surface area contributed by atoms with Crippen molar-refractivity contribution in [1.82, 2.24) is 9.38 Å². The van der Waals surface area contributed by atoms with Crippen molar-refractivity contribution in [3.05, 3.63) is 95.0 Å². The lowest BCUT2D eigenvalue weighted by atomic mass is 10.1. The Morgan fingerprint density at radius 3 is 2.58 bits per heavy atom. The summed E-state index contributed by atoms with van der Waals surface area (Å²) in [6.07, 6.45) is 3.48. The molecular formula is C27H24N4O2. The lowest BCUT2D eigenvalue weighted by molar-refractivity contribution is 0.559. The fraction of sp³-hybridized carbons (Fsp3) is 0.148. The molecule has 0 aliphatic carbocycles. The molecule has 0 aliphatic rings. The molecule has 0 bridgehead atoms. The van der Waals surface area contributed by atoms with Crippen LogP contribution in [-0.2, 0) is 0 Å². The normalized spacial score (nSPS) is 11.6. The third kappa shape index (κ3) is 3.91. The fourth-order valence-electron chi connectivity index (χ4n) is 4.02. The first-order chi connectivity index (χ1) is 16.2. The van der Waals surface area contributed by atoms with Gasteiger partial charge in [-0.3, -0.25) is 4.40 Å². The minimum atomic E-state index is -0.418. The minimum absolute atomic E-state index is 0.392. The molecule has 3 heterocycles. The zero-order chi connectivity index (χ0) is 22.8. The molecule has 0 unspecified atom stereocenters. The Kier molecular flexibility index (Phi) is 5.48. The number of benzene rings is 2. The maximum atomic E-state index is 12.7. The summed E-state index contributed by atoms with van der Waals surface area (Å²) in [5, 5.41) is 0.855. The molecule has 0 aliphatic heterocycles. The summed E-state index contributed by atoms with van der Waals surface area (Å²) >= 11 is 0. The number of nitrogens with zero attached hydrogens (tertiary/aromatic N) is 4. The van der Waals surface area contributed by atoms with Crippen molar-refractivity contribution in [2.45, 2.75) is 13.8 Å². The van der Waals surface area contributed by atoms with Crippen LogP contribution in [0.1, 0.15) is 19.4 Å². The summed E-state index contributed by atoms with van der Waals surface area (Å²) in [5.41, 5.74) is 4.09. The van der Waals surface area contributed by atoms with Crippen LogP contribution in [-0.4, -0.2) is 28.7 Å². The van der Waals surface area contributed by atoms with Gasteiger partial charge in [-0.1, -0.05) is 36.4 Å². The van der Waals surface area contributed by atoms with Gasteiger partial charge in [-0.15, -0.1) is 0 Å². The monoisotopic (exact) mass is 436 g/mol. The molecule has 0 N–H and O–H groups in total. The van der Waals surface area contributed by atoms with Crippen molar-refractivity contribution in [2.75, 3.05) is 18.0 Å². The van der Waals surface area contributed by atoms with Gasteiger partial charge < -0.3 is 9.32 Å². The maximum absolute atomic E-state index is 12.7. The van der Waals surface area contributed by atoms with Crippen LogP contribution in [0, 0.1) is 0 Å². The first-order valence-electron chi connectivity index (χ1n) is 11.1. The Hall–Kier alpha value is -4.19. The molecule has 3 aromatic heterocycles. The van der Waals surface area contributed by atoms with Crippen LogP contribution in [0.3, 0.4) is 0 Å². The van der Waals surface area contributed by atoms with Crippen LogP contribution in [0.5, 0.6) is 0 Å². The number of fused-ring (bicyclic) bond motifs is 2. The molecule has 0 amide bonds. The number of aliphatic imine (C=N–C) groups is 1. The van der Waals surface area contributed by atoms with Crippen LogP contribution in [0.25, 0.3) is 27.9 Å². The van der Waals surface area contributed by atoms with Crippen molar-refractivity contribution < 1.29 is 4.42 Å². The highest BCUT2D eigenvalue weighted by atomic mass is 16.4. The topological polar surface area (TPSA) is 63.1 Å². The van der Waals surface area contributed by atoms with E-state index in [0.29, 0.717) is 17.0 Å². The molecule has 6 heteroatoms. The van der Waals surface area contributed by atoms with E-state index in [1.807, 2.05) is 83.4 Å². The Morgan fingerprint density at radius 1 is 1.00 bits per heavy atom. The molecular weight excluding hydrogens is 412 g/mol. The smallest absolute Gasteiger partial charge is 0.345 e. The van der Waals surface area contributed by atoms with E-state index in [0.717, 1.165) is 41.1 Å². The second kappa shape index (κ2) is 8.74. The molecule has 5 aromatic rings. The van der Waals surface area contributed by atoms with E-state index in [1.54, 1.807) is 6.21 Å². The maximum Gasteiger partial charge on any atom is 0.345 e. The Balaban J connectivity index is 1.58. The second-order valence-corrected chi connectivity index (χ2v) is 7.72. The van der Waals surface area contributed by atoms with Gasteiger partial charge in [0.15, 0.2) is 5.82 Å². The lowest BCUT2D eigenvalue weighted by Crippen LogP contribution is -2.21. The van der Waals surface area contributed by atoms with Gasteiger partial charge in [0.2, 0.25) is 0 Å². The Morgan fingerprint density at radius 2 is 1.79 bits per heavy atom. The highest BCUT2D eigenvalue weighted by Crippen LogP contribution is 2.31. The minimum Gasteiger partial charge on any atom is -0.422 e. The van der Waals surface area contributed by atoms with E-state index in [4.69, 9.17) is 9.40 Å². The molecule has 0 spiro atoms. The second-order valence-electron chi connectivity index (χ2n) is 7.72. The SMILES string of the molecule is CCN(CC)c1ccc2cc(/C=N/c3c(-c4ccccc4)nc4ccccn34)c(=O)oc2c1. The first kappa shape index (κ1) is 20.7. The molecule has 0 atom stereocenters. The third-order valence-corrected chi connectivity index (χ3v) is 5.75. The first-order valence-corrected chi connectivity index (χ1v) is 11.1. The van der Waals surface area contributed by atoms with Gasteiger partial charge in [-0.25, -0.2) is 14.8 Å². The van der Waals surface area contributed by atoms with Gasteiger partial charge >= 0.3 is 5.63 Å². The average Bonchev–Trinajstić information content (AvgIpc) is 3.22. The van der Waals surface area contributed by atoms with Gasteiger partial charge in [-0.2, -0.15) is 0 Å². The zero-order valence-electron chi connectivity index (χ0n) is 18.6. The van der Waals surface area contributed by atoms with E-state index in [2.05, 4.69) is 23.7 Å². The van der Waals surface area contributed by atoms with Crippen molar-refractivity contribution in [2.24, 2.45) is 4.99 Å². The lowest BCUT2D eigenvalue weighted by Gasteiger charge is -2.20. The largest absolute Gasteiger partial charge is 0.422 e. The summed E-state index contributed by atoms with van der Waals surface area (Å²) < 4.78 is 7.56. The molecule has 5 rings (SSSR count). The van der Waals surface area contributed by atoms with Gasteiger partial charge in [0.25, 0.3) is 0 Å². The van der Waals surface area contributed by atoms with Crippen LogP contribution in [0.4, 0.5) is 11.5 Å². The van der Waals surface area contributed by atoms with Crippen molar-refractivity contribution in [1.29, 1.82) is 0 Å². The van der Waals surface area contributed by atoms with Crippen molar-refractivity contribution in [3.63, 3.8) is 0 Å². The molecule has 0 fully saturated rings. The molecule has 0 saturated heterocycles. The molecule has 33 heavy (non-hydrogen) atoms. The quantitative estimate of drug-likeness (QED) is 0.253. The van der Waals surface area contributed by atoms with Crippen LogP contribution < -0.4 is 10.5 Å². The number of imidazole rings is 1. The Labute approximate surface area is 191 Å². The predicted octanol–water partition coefficient (Wildman–Crippen LogP) is 5.70. The average molecular weight is 437 g/mol. The third-order valence-electron chi connectivity index (χ3n) is 5.75. The molecule has 0 saturated carbocycles. The predicted molar refractivity (Wildman–Crippen MR) is 134 cm³/mol. The standard InChI is InChI=1S/C27H24N4O2/c1-3-30(4-2)22-14-13-20-16-21(27(32)33-23(20)17-22)18-28-26-25(19-10-6-5-7-11-19)29-24-12-8-9-15-31(24)26/h5-18H,3-4H2,1-2H3/b28-18+. The van der Waals surface area contributed by atoms with E-state index in [-0.39, 0.29) is 0 Å². The van der Waals surface area contributed by atoms with Gasteiger partial charge in [0, 0.05) is 48.2 Å². The van der Waals surface area contributed by atoms with Gasteiger partial charge in [0.05, 0.1) is 5.56 Å². The molecule has 2 aromatic carbocycles. The van der Waals surface area contributed by atoms with Crippen molar-refractivity contribution in [3.8, 4) is 11.3 Å². The molecule has 164 valence electrons. The summed E-state index contributed by atoms with van der Waals surface area (Å²) in [6, 6.07) is 23.5. The van der Waals surface area contributed by atoms with Crippen LogP contribution >= 0.6 is 0 Å². The fourth-order valence-corrected chi connectivity index (χ4v) is 4.02. The van der Waals surface area contributed by atoms with Crippen molar-refractivity contribution >= 4 is 34.3 Å². The number of pyridine rings is 1. The summed E-state index contributed by atoms with van der Waals surface area (Å²) in [7, 11) is 0. The highest BCUT2D eigenvalue weighted by molar-refractivity contribution is 5.90. The summed E-state index contributed by atoms with van der Waals surface area (Å²) in [4.78, 5) is 24.4. The number of aromatic nitrogens is 2.